The van der Waals surface area contributed by atoms with Gasteiger partial charge < -0.3 is 19.6 Å². The average molecular weight is 412 g/mol. The Balaban J connectivity index is 1.49. The van der Waals surface area contributed by atoms with Gasteiger partial charge in [-0.3, -0.25) is 4.98 Å². The Morgan fingerprint density at radius 1 is 1.10 bits per heavy atom. The molecule has 0 aromatic carbocycles. The van der Waals surface area contributed by atoms with E-state index >= 15 is 0 Å². The number of aliphatic hydroxyl groups is 1. The lowest BCUT2D eigenvalue weighted by molar-refractivity contribution is -0.0236. The van der Waals surface area contributed by atoms with Crippen LogP contribution in [0.4, 0.5) is 11.8 Å². The Morgan fingerprint density at radius 3 is 2.50 bits per heavy atom. The fourth-order valence-corrected chi connectivity index (χ4v) is 4.68. The minimum absolute atomic E-state index is 0.191. The molecule has 0 spiro atoms. The molecule has 2 aromatic rings. The standard InChI is InChI=1S/C23H33N5O2/c1-6-18-11-22(26-23(25-18)27(4)5)28-12-16-9-19(29)21(10-17(16)13-28)30-20-8-7-14(2)24-15(20)3/h7-8,11,16-17,19,21,29H,6,9-10,12-13H2,1-5H3/t16-,17+,19+,21+/m0/s1. The first kappa shape index (κ1) is 20.8. The van der Waals surface area contributed by atoms with Crippen LogP contribution in [0.5, 0.6) is 5.75 Å². The number of pyridine rings is 1. The number of anilines is 2. The van der Waals surface area contributed by atoms with Crippen LogP contribution in [-0.2, 0) is 6.42 Å². The topological polar surface area (TPSA) is 74.6 Å². The van der Waals surface area contributed by atoms with Gasteiger partial charge in [0.15, 0.2) is 0 Å². The van der Waals surface area contributed by atoms with Crippen LogP contribution in [0.3, 0.4) is 0 Å². The van der Waals surface area contributed by atoms with Gasteiger partial charge in [0.05, 0.1) is 11.8 Å². The van der Waals surface area contributed by atoms with Gasteiger partial charge in [0.1, 0.15) is 17.7 Å². The van der Waals surface area contributed by atoms with E-state index in [4.69, 9.17) is 9.72 Å². The highest BCUT2D eigenvalue weighted by atomic mass is 16.5. The van der Waals surface area contributed by atoms with Crippen LogP contribution in [0.25, 0.3) is 0 Å². The molecule has 0 unspecified atom stereocenters. The molecule has 3 heterocycles. The number of aryl methyl sites for hydroxylation is 3. The molecule has 1 aliphatic heterocycles. The summed E-state index contributed by atoms with van der Waals surface area (Å²) in [7, 11) is 3.95. The third-order valence-corrected chi connectivity index (χ3v) is 6.38. The lowest BCUT2D eigenvalue weighted by Crippen LogP contribution is -2.42. The molecule has 1 aliphatic carbocycles. The van der Waals surface area contributed by atoms with Gasteiger partial charge in [0, 0.05) is 44.6 Å². The highest BCUT2D eigenvalue weighted by molar-refractivity contribution is 5.47. The summed E-state index contributed by atoms with van der Waals surface area (Å²) in [4.78, 5) is 18.2. The maximum absolute atomic E-state index is 10.8. The first-order valence-electron chi connectivity index (χ1n) is 10.9. The predicted molar refractivity (Wildman–Crippen MR) is 118 cm³/mol. The molecule has 1 N–H and O–H groups in total. The zero-order valence-corrected chi connectivity index (χ0v) is 18.7. The van der Waals surface area contributed by atoms with Crippen molar-refractivity contribution in [2.45, 2.75) is 52.2 Å². The molecule has 7 nitrogen and oxygen atoms in total. The van der Waals surface area contributed by atoms with Crippen LogP contribution in [0.1, 0.15) is 36.8 Å². The van der Waals surface area contributed by atoms with Gasteiger partial charge in [-0.1, -0.05) is 6.92 Å². The van der Waals surface area contributed by atoms with Crippen molar-refractivity contribution >= 4 is 11.8 Å². The van der Waals surface area contributed by atoms with E-state index in [-0.39, 0.29) is 6.10 Å². The Bertz CT molecular complexity index is 903. The highest BCUT2D eigenvalue weighted by Gasteiger charge is 2.43. The second kappa shape index (κ2) is 8.38. The molecule has 4 rings (SSSR count). The van der Waals surface area contributed by atoms with Crippen molar-refractivity contribution < 1.29 is 9.84 Å². The Morgan fingerprint density at radius 2 is 1.83 bits per heavy atom. The van der Waals surface area contributed by atoms with E-state index in [2.05, 4.69) is 27.9 Å². The molecule has 4 atom stereocenters. The fraction of sp³-hybridized carbons (Fsp3) is 0.609. The van der Waals surface area contributed by atoms with Gasteiger partial charge in [0.25, 0.3) is 0 Å². The molecule has 0 bridgehead atoms. The number of rotatable bonds is 5. The molecule has 0 radical (unpaired) electrons. The number of fused-ring (bicyclic) bond motifs is 1. The normalized spacial score (nSPS) is 25.9. The van der Waals surface area contributed by atoms with Crippen molar-refractivity contribution in [2.75, 3.05) is 37.0 Å². The van der Waals surface area contributed by atoms with Crippen molar-refractivity contribution in [3.63, 3.8) is 0 Å². The first-order valence-corrected chi connectivity index (χ1v) is 10.9. The highest BCUT2D eigenvalue weighted by Crippen LogP contribution is 2.39. The van der Waals surface area contributed by atoms with Gasteiger partial charge >= 0.3 is 0 Å². The third-order valence-electron chi connectivity index (χ3n) is 6.38. The second-order valence-electron chi connectivity index (χ2n) is 8.92. The van der Waals surface area contributed by atoms with E-state index in [1.165, 1.54) is 0 Å². The molecular formula is C23H33N5O2. The Kier molecular flexibility index (Phi) is 5.82. The van der Waals surface area contributed by atoms with Gasteiger partial charge in [-0.15, -0.1) is 0 Å². The first-order chi connectivity index (χ1) is 14.3. The minimum Gasteiger partial charge on any atom is -0.486 e. The predicted octanol–water partition coefficient (Wildman–Crippen LogP) is 2.77. The van der Waals surface area contributed by atoms with Crippen LogP contribution in [0, 0.1) is 25.7 Å². The molecular weight excluding hydrogens is 378 g/mol. The van der Waals surface area contributed by atoms with Crippen LogP contribution < -0.4 is 14.5 Å². The van der Waals surface area contributed by atoms with E-state index in [9.17, 15) is 5.11 Å². The fourth-order valence-electron chi connectivity index (χ4n) is 4.68. The molecule has 2 fully saturated rings. The van der Waals surface area contributed by atoms with E-state index in [0.29, 0.717) is 11.8 Å². The summed E-state index contributed by atoms with van der Waals surface area (Å²) >= 11 is 0. The maximum atomic E-state index is 10.8. The largest absolute Gasteiger partial charge is 0.486 e. The van der Waals surface area contributed by atoms with E-state index in [1.54, 1.807) is 0 Å². The number of hydrogen-bond donors (Lipinski definition) is 1. The summed E-state index contributed by atoms with van der Waals surface area (Å²) in [5.41, 5.74) is 2.91. The summed E-state index contributed by atoms with van der Waals surface area (Å²) in [6.45, 7) is 7.92. The minimum atomic E-state index is -0.458. The molecule has 1 saturated carbocycles. The smallest absolute Gasteiger partial charge is 0.227 e. The van der Waals surface area contributed by atoms with Gasteiger partial charge in [0.2, 0.25) is 5.95 Å². The number of aromatic nitrogens is 3. The zero-order chi connectivity index (χ0) is 21.4. The lowest BCUT2D eigenvalue weighted by Gasteiger charge is -2.35. The second-order valence-corrected chi connectivity index (χ2v) is 8.92. The molecule has 30 heavy (non-hydrogen) atoms. The van der Waals surface area contributed by atoms with Gasteiger partial charge in [-0.2, -0.15) is 4.98 Å². The number of ether oxygens (including phenoxy) is 1. The van der Waals surface area contributed by atoms with Crippen molar-refractivity contribution in [2.24, 2.45) is 11.8 Å². The van der Waals surface area contributed by atoms with Crippen molar-refractivity contribution in [3.05, 3.63) is 35.3 Å². The summed E-state index contributed by atoms with van der Waals surface area (Å²) in [5.74, 6) is 3.46. The van der Waals surface area contributed by atoms with Crippen molar-refractivity contribution in [3.8, 4) is 5.75 Å². The lowest BCUT2D eigenvalue weighted by atomic mass is 9.78. The number of nitrogens with zero attached hydrogens (tertiary/aromatic N) is 5. The number of aliphatic hydroxyl groups excluding tert-OH is 1. The quantitative estimate of drug-likeness (QED) is 0.811. The third kappa shape index (κ3) is 4.21. The molecule has 0 amide bonds. The van der Waals surface area contributed by atoms with E-state index < -0.39 is 6.10 Å². The van der Waals surface area contributed by atoms with Crippen LogP contribution in [0.2, 0.25) is 0 Å². The number of hydrogen-bond acceptors (Lipinski definition) is 7. The Hall–Kier alpha value is -2.41. The SMILES string of the molecule is CCc1cc(N2C[C@H]3C[C@@H](Oc4ccc(C)nc4C)[C@H](O)C[C@H]3C2)nc(N(C)C)n1. The molecule has 2 aromatic heterocycles. The van der Waals surface area contributed by atoms with E-state index in [0.717, 1.165) is 66.9 Å². The zero-order valence-electron chi connectivity index (χ0n) is 18.7. The summed E-state index contributed by atoms with van der Waals surface area (Å²) in [6.07, 6.45) is 1.85. The molecule has 7 heteroatoms. The summed E-state index contributed by atoms with van der Waals surface area (Å²) < 4.78 is 6.23. The monoisotopic (exact) mass is 411 g/mol. The molecule has 2 aliphatic rings. The van der Waals surface area contributed by atoms with Crippen LogP contribution in [0.15, 0.2) is 18.2 Å². The van der Waals surface area contributed by atoms with Crippen LogP contribution >= 0.6 is 0 Å². The van der Waals surface area contributed by atoms with Crippen molar-refractivity contribution in [1.29, 1.82) is 0 Å². The van der Waals surface area contributed by atoms with Gasteiger partial charge in [-0.05, 0) is 57.1 Å². The van der Waals surface area contributed by atoms with Crippen molar-refractivity contribution in [1.82, 2.24) is 15.0 Å². The average Bonchev–Trinajstić information content (AvgIpc) is 3.12. The maximum Gasteiger partial charge on any atom is 0.227 e. The molecule has 162 valence electrons. The summed E-state index contributed by atoms with van der Waals surface area (Å²) in [6, 6.07) is 6.03. The van der Waals surface area contributed by atoms with E-state index in [1.807, 2.05) is 45.0 Å². The van der Waals surface area contributed by atoms with Crippen LogP contribution in [-0.4, -0.2) is 59.5 Å². The van der Waals surface area contributed by atoms with Gasteiger partial charge in [-0.25, -0.2) is 4.98 Å². The molecule has 1 saturated heterocycles. The Labute approximate surface area is 179 Å². The summed E-state index contributed by atoms with van der Waals surface area (Å²) in [5, 5.41) is 10.8.